The molecule has 3 rings (SSSR count). The highest BCUT2D eigenvalue weighted by molar-refractivity contribution is 7.89. The normalized spacial score (nSPS) is 17.6. The minimum atomic E-state index is -3.61. The van der Waals surface area contributed by atoms with Crippen molar-refractivity contribution in [1.29, 1.82) is 0 Å². The molecule has 2 aromatic rings. The molecule has 1 aliphatic heterocycles. The summed E-state index contributed by atoms with van der Waals surface area (Å²) < 4.78 is 33.0. The number of benzene rings is 2. The zero-order valence-electron chi connectivity index (χ0n) is 15.5. The molecule has 1 fully saturated rings. The van der Waals surface area contributed by atoms with Gasteiger partial charge in [0, 0.05) is 18.7 Å². The van der Waals surface area contributed by atoms with Crippen LogP contribution >= 0.6 is 0 Å². The number of rotatable bonds is 6. The predicted octanol–water partition coefficient (Wildman–Crippen LogP) is 3.57. The van der Waals surface area contributed by atoms with Crippen LogP contribution in [0.4, 0.5) is 5.69 Å². The first-order valence-corrected chi connectivity index (χ1v) is 10.5. The fourth-order valence-corrected chi connectivity index (χ4v) is 4.96. The SMILES string of the molecule is CCC(=O)Nc1ccc(S(=O)(=O)N2CCCC2c2ccc(OC)cc2)cc1. The van der Waals surface area contributed by atoms with E-state index in [4.69, 9.17) is 4.74 Å². The molecule has 0 radical (unpaired) electrons. The number of carbonyl (C=O) groups excluding carboxylic acids is 1. The molecule has 0 aliphatic carbocycles. The van der Waals surface area contributed by atoms with Gasteiger partial charge in [-0.2, -0.15) is 4.31 Å². The van der Waals surface area contributed by atoms with Crippen LogP contribution in [0, 0.1) is 0 Å². The van der Waals surface area contributed by atoms with E-state index in [0.29, 0.717) is 18.7 Å². The first kappa shape index (κ1) is 19.4. The smallest absolute Gasteiger partial charge is 0.243 e. The van der Waals surface area contributed by atoms with E-state index in [1.807, 2.05) is 24.3 Å². The maximum Gasteiger partial charge on any atom is 0.243 e. The molecular formula is C20H24N2O4S. The van der Waals surface area contributed by atoms with Crippen LogP contribution in [0.5, 0.6) is 5.75 Å². The summed E-state index contributed by atoms with van der Waals surface area (Å²) in [7, 11) is -2.01. The summed E-state index contributed by atoms with van der Waals surface area (Å²) in [5.41, 5.74) is 1.55. The molecule has 1 amide bonds. The van der Waals surface area contributed by atoms with Crippen LogP contribution in [0.25, 0.3) is 0 Å². The molecule has 1 atom stereocenters. The van der Waals surface area contributed by atoms with E-state index in [1.165, 1.54) is 0 Å². The van der Waals surface area contributed by atoms with E-state index in [2.05, 4.69) is 5.32 Å². The highest BCUT2D eigenvalue weighted by Gasteiger charge is 2.36. The number of nitrogens with zero attached hydrogens (tertiary/aromatic N) is 1. The molecule has 7 heteroatoms. The number of amides is 1. The molecule has 1 N–H and O–H groups in total. The summed E-state index contributed by atoms with van der Waals surface area (Å²) in [5.74, 6) is 0.639. The minimum Gasteiger partial charge on any atom is -0.497 e. The number of ether oxygens (including phenoxy) is 1. The van der Waals surface area contributed by atoms with Crippen molar-refractivity contribution in [2.75, 3.05) is 19.0 Å². The lowest BCUT2D eigenvalue weighted by Gasteiger charge is -2.24. The largest absolute Gasteiger partial charge is 0.497 e. The van der Waals surface area contributed by atoms with Gasteiger partial charge >= 0.3 is 0 Å². The molecule has 1 aliphatic rings. The molecule has 1 saturated heterocycles. The lowest BCUT2D eigenvalue weighted by molar-refractivity contribution is -0.115. The van der Waals surface area contributed by atoms with Gasteiger partial charge in [-0.15, -0.1) is 0 Å². The molecule has 27 heavy (non-hydrogen) atoms. The second-order valence-corrected chi connectivity index (χ2v) is 8.36. The molecule has 1 heterocycles. The van der Waals surface area contributed by atoms with Crippen LogP contribution in [-0.4, -0.2) is 32.3 Å². The number of methoxy groups -OCH3 is 1. The van der Waals surface area contributed by atoms with E-state index in [-0.39, 0.29) is 16.8 Å². The third-order valence-electron chi connectivity index (χ3n) is 4.77. The summed E-state index contributed by atoms with van der Waals surface area (Å²) in [6.07, 6.45) is 1.98. The fourth-order valence-electron chi connectivity index (χ4n) is 3.28. The Bertz CT molecular complexity index is 893. The molecule has 0 spiro atoms. The number of nitrogens with one attached hydrogen (secondary N) is 1. The van der Waals surface area contributed by atoms with Gasteiger partial charge in [-0.1, -0.05) is 19.1 Å². The fraction of sp³-hybridized carbons (Fsp3) is 0.350. The number of anilines is 1. The quantitative estimate of drug-likeness (QED) is 0.821. The molecule has 144 valence electrons. The zero-order chi connectivity index (χ0) is 19.4. The average Bonchev–Trinajstić information content (AvgIpc) is 3.19. The molecule has 0 aromatic heterocycles. The Morgan fingerprint density at radius 1 is 1.15 bits per heavy atom. The highest BCUT2D eigenvalue weighted by Crippen LogP contribution is 2.37. The van der Waals surface area contributed by atoms with E-state index >= 15 is 0 Å². The van der Waals surface area contributed by atoms with Gasteiger partial charge in [0.15, 0.2) is 0 Å². The topological polar surface area (TPSA) is 75.7 Å². The van der Waals surface area contributed by atoms with Crippen molar-refractivity contribution in [3.63, 3.8) is 0 Å². The van der Waals surface area contributed by atoms with Crippen molar-refractivity contribution < 1.29 is 17.9 Å². The third kappa shape index (κ3) is 4.14. The molecule has 0 saturated carbocycles. The van der Waals surface area contributed by atoms with Crippen molar-refractivity contribution >= 4 is 21.6 Å². The first-order valence-electron chi connectivity index (χ1n) is 9.01. The van der Waals surface area contributed by atoms with Gasteiger partial charge in [-0.25, -0.2) is 8.42 Å². The van der Waals surface area contributed by atoms with Crippen molar-refractivity contribution in [2.24, 2.45) is 0 Å². The average molecular weight is 388 g/mol. The van der Waals surface area contributed by atoms with Crippen molar-refractivity contribution in [3.8, 4) is 5.75 Å². The van der Waals surface area contributed by atoms with E-state index in [1.54, 1.807) is 42.6 Å². The monoisotopic (exact) mass is 388 g/mol. The Hall–Kier alpha value is -2.38. The second kappa shape index (κ2) is 8.10. The molecule has 0 bridgehead atoms. The van der Waals surface area contributed by atoms with Gasteiger partial charge < -0.3 is 10.1 Å². The molecular weight excluding hydrogens is 364 g/mol. The Labute approximate surface area is 160 Å². The van der Waals surface area contributed by atoms with Crippen LogP contribution in [0.15, 0.2) is 53.4 Å². The van der Waals surface area contributed by atoms with Gasteiger partial charge in [0.05, 0.1) is 18.0 Å². The lowest BCUT2D eigenvalue weighted by Crippen LogP contribution is -2.30. The highest BCUT2D eigenvalue weighted by atomic mass is 32.2. The maximum absolute atomic E-state index is 13.1. The molecule has 2 aromatic carbocycles. The molecule has 6 nitrogen and oxygen atoms in total. The Morgan fingerprint density at radius 2 is 1.81 bits per heavy atom. The van der Waals surface area contributed by atoms with Crippen molar-refractivity contribution in [1.82, 2.24) is 4.31 Å². The van der Waals surface area contributed by atoms with Crippen LogP contribution in [0.1, 0.15) is 37.8 Å². The van der Waals surface area contributed by atoms with Crippen LogP contribution in [0.3, 0.4) is 0 Å². The summed E-state index contributed by atoms with van der Waals surface area (Å²) >= 11 is 0. The van der Waals surface area contributed by atoms with Gasteiger partial charge in [-0.05, 0) is 54.8 Å². The maximum atomic E-state index is 13.1. The summed E-state index contributed by atoms with van der Waals surface area (Å²) in [6, 6.07) is 13.7. The Morgan fingerprint density at radius 3 is 2.41 bits per heavy atom. The van der Waals surface area contributed by atoms with E-state index in [0.717, 1.165) is 24.2 Å². The number of hydrogen-bond acceptors (Lipinski definition) is 4. The third-order valence-corrected chi connectivity index (χ3v) is 6.69. The minimum absolute atomic E-state index is 0.107. The Balaban J connectivity index is 1.83. The second-order valence-electron chi connectivity index (χ2n) is 6.47. The Kier molecular flexibility index (Phi) is 5.82. The van der Waals surface area contributed by atoms with Gasteiger partial charge in [0.2, 0.25) is 15.9 Å². The van der Waals surface area contributed by atoms with E-state index < -0.39 is 10.0 Å². The van der Waals surface area contributed by atoms with Gasteiger partial charge in [0.1, 0.15) is 5.75 Å². The van der Waals surface area contributed by atoms with Crippen LogP contribution in [0.2, 0.25) is 0 Å². The van der Waals surface area contributed by atoms with Gasteiger partial charge in [-0.3, -0.25) is 4.79 Å². The zero-order valence-corrected chi connectivity index (χ0v) is 16.3. The van der Waals surface area contributed by atoms with Crippen LogP contribution < -0.4 is 10.1 Å². The predicted molar refractivity (Wildman–Crippen MR) is 104 cm³/mol. The van der Waals surface area contributed by atoms with Gasteiger partial charge in [0.25, 0.3) is 0 Å². The summed E-state index contributed by atoms with van der Waals surface area (Å²) in [5, 5.41) is 2.73. The first-order chi connectivity index (χ1) is 13.0. The molecule has 1 unspecified atom stereocenters. The standard InChI is InChI=1S/C20H24N2O4S/c1-3-20(23)21-16-8-12-18(13-9-16)27(24,25)22-14-4-5-19(22)15-6-10-17(26-2)11-7-15/h6-13,19H,3-5,14H2,1-2H3,(H,21,23). The van der Waals surface area contributed by atoms with Crippen molar-refractivity contribution in [3.05, 3.63) is 54.1 Å². The number of hydrogen-bond donors (Lipinski definition) is 1. The summed E-state index contributed by atoms with van der Waals surface area (Å²) in [6.45, 7) is 2.26. The van der Waals surface area contributed by atoms with Crippen LogP contribution in [-0.2, 0) is 14.8 Å². The number of carbonyl (C=O) groups is 1. The lowest BCUT2D eigenvalue weighted by atomic mass is 10.1. The number of sulfonamides is 1. The van der Waals surface area contributed by atoms with Crippen molar-refractivity contribution in [2.45, 2.75) is 37.1 Å². The summed E-state index contributed by atoms with van der Waals surface area (Å²) in [4.78, 5) is 11.7. The van der Waals surface area contributed by atoms with E-state index in [9.17, 15) is 13.2 Å².